The fourth-order valence-corrected chi connectivity index (χ4v) is 3.60. The number of para-hydroxylation sites is 2. The van der Waals surface area contributed by atoms with Crippen LogP contribution in [0.4, 0.5) is 0 Å². The minimum atomic E-state index is -0.521. The summed E-state index contributed by atoms with van der Waals surface area (Å²) in [6.07, 6.45) is 1.54. The highest BCUT2D eigenvalue weighted by atomic mass is 16.5. The molecule has 30 heavy (non-hydrogen) atoms. The van der Waals surface area contributed by atoms with Gasteiger partial charge in [-0.05, 0) is 56.2 Å². The van der Waals surface area contributed by atoms with Gasteiger partial charge < -0.3 is 18.8 Å². The number of aromatic nitrogens is 1. The molecule has 2 aromatic carbocycles. The van der Waals surface area contributed by atoms with Crippen molar-refractivity contribution in [3.05, 3.63) is 60.0 Å². The monoisotopic (exact) mass is 408 g/mol. The van der Waals surface area contributed by atoms with Crippen LogP contribution in [0.1, 0.15) is 41.9 Å². The number of likely N-dealkylation sites (tertiary alicyclic amines) is 1. The SMILES string of the molecule is CCOc1ccc(C(=O)OCC(=O)N2CCC(c3nc4ccccc4o3)CC2)cc1. The first-order valence-corrected chi connectivity index (χ1v) is 10.2. The molecule has 0 radical (unpaired) electrons. The molecular weight excluding hydrogens is 384 g/mol. The zero-order valence-electron chi connectivity index (χ0n) is 16.9. The third-order valence-corrected chi connectivity index (χ3v) is 5.24. The molecule has 0 N–H and O–H groups in total. The highest BCUT2D eigenvalue weighted by Crippen LogP contribution is 2.29. The number of hydrogen-bond acceptors (Lipinski definition) is 6. The predicted octanol–water partition coefficient (Wildman–Crippen LogP) is 3.79. The molecule has 4 rings (SSSR count). The first-order chi connectivity index (χ1) is 14.6. The number of oxazole rings is 1. The van der Waals surface area contributed by atoms with Crippen molar-refractivity contribution in [2.75, 3.05) is 26.3 Å². The van der Waals surface area contributed by atoms with Crippen LogP contribution in [-0.4, -0.2) is 48.1 Å². The molecule has 3 aromatic rings. The van der Waals surface area contributed by atoms with Crippen LogP contribution in [0.25, 0.3) is 11.1 Å². The Bertz CT molecular complexity index is 987. The first kappa shape index (κ1) is 19.9. The number of esters is 1. The number of ether oxygens (including phenoxy) is 2. The van der Waals surface area contributed by atoms with E-state index in [0.717, 1.165) is 29.8 Å². The van der Waals surface area contributed by atoms with Crippen LogP contribution in [0.2, 0.25) is 0 Å². The number of amides is 1. The Morgan fingerprint density at radius 2 is 1.83 bits per heavy atom. The number of hydrogen-bond donors (Lipinski definition) is 0. The van der Waals surface area contributed by atoms with Crippen molar-refractivity contribution in [1.82, 2.24) is 9.88 Å². The van der Waals surface area contributed by atoms with Gasteiger partial charge in [0.1, 0.15) is 11.3 Å². The molecule has 0 atom stereocenters. The van der Waals surface area contributed by atoms with E-state index in [0.29, 0.717) is 31.0 Å². The maximum atomic E-state index is 12.4. The van der Waals surface area contributed by atoms with E-state index in [4.69, 9.17) is 13.9 Å². The molecule has 156 valence electrons. The quantitative estimate of drug-likeness (QED) is 0.577. The Balaban J connectivity index is 1.26. The molecule has 0 unspecified atom stereocenters. The standard InChI is InChI=1S/C23H24N2O5/c1-2-28-18-9-7-17(8-10-18)23(27)29-15-21(26)25-13-11-16(12-14-25)22-24-19-5-3-4-6-20(19)30-22/h3-10,16H,2,11-15H2,1H3. The van der Waals surface area contributed by atoms with Gasteiger partial charge in [0.25, 0.3) is 5.91 Å². The van der Waals surface area contributed by atoms with Crippen molar-refractivity contribution in [1.29, 1.82) is 0 Å². The van der Waals surface area contributed by atoms with E-state index in [9.17, 15) is 9.59 Å². The van der Waals surface area contributed by atoms with Crippen molar-refractivity contribution in [3.8, 4) is 5.75 Å². The van der Waals surface area contributed by atoms with Gasteiger partial charge in [-0.25, -0.2) is 9.78 Å². The maximum Gasteiger partial charge on any atom is 0.338 e. The van der Waals surface area contributed by atoms with E-state index in [-0.39, 0.29) is 18.4 Å². The molecular formula is C23H24N2O5. The van der Waals surface area contributed by atoms with Crippen LogP contribution in [0.3, 0.4) is 0 Å². The normalized spacial score (nSPS) is 14.6. The van der Waals surface area contributed by atoms with E-state index < -0.39 is 5.97 Å². The number of piperidine rings is 1. The zero-order chi connectivity index (χ0) is 20.9. The smallest absolute Gasteiger partial charge is 0.338 e. The number of benzene rings is 2. The van der Waals surface area contributed by atoms with Gasteiger partial charge in [0.2, 0.25) is 0 Å². The van der Waals surface area contributed by atoms with Gasteiger partial charge in [-0.2, -0.15) is 0 Å². The molecule has 0 spiro atoms. The molecule has 0 saturated carbocycles. The van der Waals surface area contributed by atoms with Crippen molar-refractivity contribution >= 4 is 23.0 Å². The fourth-order valence-electron chi connectivity index (χ4n) is 3.60. The minimum absolute atomic E-state index is 0.188. The summed E-state index contributed by atoms with van der Waals surface area (Å²) >= 11 is 0. The molecule has 2 heterocycles. The second-order valence-corrected chi connectivity index (χ2v) is 7.21. The lowest BCUT2D eigenvalue weighted by Gasteiger charge is -2.30. The fraction of sp³-hybridized carbons (Fsp3) is 0.348. The number of fused-ring (bicyclic) bond motifs is 1. The summed E-state index contributed by atoms with van der Waals surface area (Å²) in [5.74, 6) is 0.892. The second kappa shape index (κ2) is 8.98. The minimum Gasteiger partial charge on any atom is -0.494 e. The number of rotatable bonds is 6. The third kappa shape index (κ3) is 4.45. The number of carbonyl (C=O) groups excluding carboxylic acids is 2. The van der Waals surface area contributed by atoms with Gasteiger partial charge in [-0.1, -0.05) is 12.1 Å². The highest BCUT2D eigenvalue weighted by molar-refractivity contribution is 5.91. The molecule has 7 heteroatoms. The molecule has 1 amide bonds. The third-order valence-electron chi connectivity index (χ3n) is 5.24. The number of nitrogens with zero attached hydrogens (tertiary/aromatic N) is 2. The van der Waals surface area contributed by atoms with Crippen molar-refractivity contribution < 1.29 is 23.5 Å². The summed E-state index contributed by atoms with van der Waals surface area (Å²) in [5, 5.41) is 0. The summed E-state index contributed by atoms with van der Waals surface area (Å²) in [5.41, 5.74) is 2.03. The molecule has 1 saturated heterocycles. The molecule has 1 aromatic heterocycles. The summed E-state index contributed by atoms with van der Waals surface area (Å²) in [4.78, 5) is 30.9. The Kier molecular flexibility index (Phi) is 5.97. The Morgan fingerprint density at radius 3 is 2.53 bits per heavy atom. The lowest BCUT2D eigenvalue weighted by atomic mass is 9.97. The van der Waals surface area contributed by atoms with Crippen LogP contribution < -0.4 is 4.74 Å². The molecule has 0 bridgehead atoms. The summed E-state index contributed by atoms with van der Waals surface area (Å²) in [6.45, 7) is 3.36. The van der Waals surface area contributed by atoms with E-state index in [1.54, 1.807) is 29.2 Å². The molecule has 1 aliphatic rings. The van der Waals surface area contributed by atoms with Crippen LogP contribution >= 0.6 is 0 Å². The van der Waals surface area contributed by atoms with Gasteiger partial charge in [0, 0.05) is 19.0 Å². The maximum absolute atomic E-state index is 12.4. The van der Waals surface area contributed by atoms with Gasteiger partial charge in [-0.15, -0.1) is 0 Å². The Labute approximate surface area is 174 Å². The van der Waals surface area contributed by atoms with Gasteiger partial charge in [-0.3, -0.25) is 4.79 Å². The van der Waals surface area contributed by atoms with E-state index >= 15 is 0 Å². The molecule has 1 aliphatic heterocycles. The van der Waals surface area contributed by atoms with E-state index in [1.165, 1.54) is 0 Å². The topological polar surface area (TPSA) is 81.9 Å². The van der Waals surface area contributed by atoms with Gasteiger partial charge >= 0.3 is 5.97 Å². The summed E-state index contributed by atoms with van der Waals surface area (Å²) in [6, 6.07) is 14.4. The van der Waals surface area contributed by atoms with Crippen molar-refractivity contribution in [2.24, 2.45) is 0 Å². The van der Waals surface area contributed by atoms with E-state index in [1.807, 2.05) is 31.2 Å². The van der Waals surface area contributed by atoms with Gasteiger partial charge in [0.05, 0.1) is 12.2 Å². The highest BCUT2D eigenvalue weighted by Gasteiger charge is 2.27. The van der Waals surface area contributed by atoms with E-state index in [2.05, 4.69) is 4.98 Å². The lowest BCUT2D eigenvalue weighted by molar-refractivity contribution is -0.135. The summed E-state index contributed by atoms with van der Waals surface area (Å²) < 4.78 is 16.4. The van der Waals surface area contributed by atoms with Crippen LogP contribution in [0, 0.1) is 0 Å². The molecule has 7 nitrogen and oxygen atoms in total. The first-order valence-electron chi connectivity index (χ1n) is 10.2. The summed E-state index contributed by atoms with van der Waals surface area (Å²) in [7, 11) is 0. The second-order valence-electron chi connectivity index (χ2n) is 7.21. The number of carbonyl (C=O) groups is 2. The van der Waals surface area contributed by atoms with Crippen LogP contribution in [0.5, 0.6) is 5.75 Å². The van der Waals surface area contributed by atoms with Crippen LogP contribution in [-0.2, 0) is 9.53 Å². The average molecular weight is 408 g/mol. The molecule has 0 aliphatic carbocycles. The largest absolute Gasteiger partial charge is 0.494 e. The Hall–Kier alpha value is -3.35. The van der Waals surface area contributed by atoms with Crippen molar-refractivity contribution in [3.63, 3.8) is 0 Å². The van der Waals surface area contributed by atoms with Gasteiger partial charge in [0.15, 0.2) is 18.1 Å². The van der Waals surface area contributed by atoms with Crippen molar-refractivity contribution in [2.45, 2.75) is 25.7 Å². The predicted molar refractivity (Wildman–Crippen MR) is 110 cm³/mol. The average Bonchev–Trinajstić information content (AvgIpc) is 3.22. The van der Waals surface area contributed by atoms with Crippen LogP contribution in [0.15, 0.2) is 52.9 Å². The lowest BCUT2D eigenvalue weighted by Crippen LogP contribution is -2.40. The zero-order valence-corrected chi connectivity index (χ0v) is 16.9. The molecule has 1 fully saturated rings. The Morgan fingerprint density at radius 1 is 1.10 bits per heavy atom.